The summed E-state index contributed by atoms with van der Waals surface area (Å²) in [5.74, 6) is -0.128. The third-order valence-electron chi connectivity index (χ3n) is 5.16. The number of fused-ring (bicyclic) bond motifs is 1. The quantitative estimate of drug-likeness (QED) is 0.161. The number of methoxy groups -OCH3 is 1. The van der Waals surface area contributed by atoms with Gasteiger partial charge in [0, 0.05) is 19.1 Å². The van der Waals surface area contributed by atoms with Gasteiger partial charge < -0.3 is 10.1 Å². The van der Waals surface area contributed by atoms with E-state index in [1.807, 2.05) is 48.5 Å². The van der Waals surface area contributed by atoms with E-state index in [-0.39, 0.29) is 17.8 Å². The number of benzene rings is 3. The first-order valence-electron chi connectivity index (χ1n) is 10.5. The van der Waals surface area contributed by atoms with E-state index < -0.39 is 0 Å². The van der Waals surface area contributed by atoms with Crippen molar-refractivity contribution < 1.29 is 28.6 Å². The smallest absolute Gasteiger partial charge is 0.255 e. The Morgan fingerprint density at radius 2 is 1.76 bits per heavy atom. The van der Waals surface area contributed by atoms with E-state index in [0.29, 0.717) is 22.6 Å². The molecule has 1 N–H and O–H groups in total. The monoisotopic (exact) mass is 469 g/mol. The molecule has 0 aliphatic carbocycles. The number of Topliss-reactive ketones (excluding diaryl/α,β-unsaturated/α-hetero) is 1. The lowest BCUT2D eigenvalue weighted by Crippen LogP contribution is -2.15. The molecule has 174 valence electrons. The van der Waals surface area contributed by atoms with Crippen molar-refractivity contribution in [1.82, 2.24) is 0 Å². The van der Waals surface area contributed by atoms with Gasteiger partial charge in [0.25, 0.3) is 5.91 Å². The van der Waals surface area contributed by atoms with Crippen molar-refractivity contribution in [2.75, 3.05) is 19.5 Å². The van der Waals surface area contributed by atoms with Crippen molar-refractivity contribution in [1.29, 1.82) is 0 Å². The molecule has 3 rings (SSSR count). The fourth-order valence-corrected chi connectivity index (χ4v) is 4.11. The van der Waals surface area contributed by atoms with E-state index >= 15 is 0 Å². The van der Waals surface area contributed by atoms with Crippen LogP contribution in [0.2, 0.25) is 0 Å². The standard InChI is InChI=1S/C25H27NO6S/c1-17(27)16-21(29-2)14-10-18-8-11-20(12-9-18)25(28)26-23-15-13-19-6-4-5-7-22(19)24(23)33-32-31-30-3/h4-9,11-13,15,21H,10,14,16H2,1-3H3,(H,26,28). The Hall–Kier alpha value is -2.75. The van der Waals surface area contributed by atoms with Crippen molar-refractivity contribution >= 4 is 40.2 Å². The molecular formula is C25H27NO6S. The molecule has 0 saturated heterocycles. The number of anilines is 1. The average molecular weight is 470 g/mol. The molecule has 0 aliphatic rings. The van der Waals surface area contributed by atoms with Gasteiger partial charge in [0.05, 0.1) is 35.8 Å². The molecule has 33 heavy (non-hydrogen) atoms. The van der Waals surface area contributed by atoms with Crippen LogP contribution in [0.15, 0.2) is 65.6 Å². The molecule has 1 atom stereocenters. The summed E-state index contributed by atoms with van der Waals surface area (Å²) < 4.78 is 10.4. The lowest BCUT2D eigenvalue weighted by Gasteiger charge is -2.14. The van der Waals surface area contributed by atoms with Crippen LogP contribution in [-0.2, 0) is 30.2 Å². The minimum Gasteiger partial charge on any atom is -0.381 e. The van der Waals surface area contributed by atoms with E-state index in [4.69, 9.17) is 9.07 Å². The predicted octanol–water partition coefficient (Wildman–Crippen LogP) is 5.54. The highest BCUT2D eigenvalue weighted by Crippen LogP contribution is 2.36. The first-order chi connectivity index (χ1) is 16.0. The molecule has 0 spiro atoms. The summed E-state index contributed by atoms with van der Waals surface area (Å²) in [6, 6.07) is 18.9. The molecule has 0 heterocycles. The minimum atomic E-state index is -0.238. The normalized spacial score (nSPS) is 12.0. The molecule has 3 aromatic carbocycles. The van der Waals surface area contributed by atoms with E-state index in [0.717, 1.165) is 41.2 Å². The molecule has 0 radical (unpaired) electrons. The van der Waals surface area contributed by atoms with Crippen molar-refractivity contribution in [2.45, 2.75) is 37.2 Å². The van der Waals surface area contributed by atoms with E-state index in [2.05, 4.69) is 15.2 Å². The van der Waals surface area contributed by atoms with Gasteiger partial charge in [-0.3, -0.25) is 9.59 Å². The third-order valence-corrected chi connectivity index (χ3v) is 5.89. The zero-order valence-corrected chi connectivity index (χ0v) is 19.6. The zero-order valence-electron chi connectivity index (χ0n) is 18.8. The van der Waals surface area contributed by atoms with Gasteiger partial charge in [-0.2, -0.15) is 0 Å². The van der Waals surface area contributed by atoms with Crippen LogP contribution in [-0.4, -0.2) is 32.0 Å². The molecule has 0 aliphatic heterocycles. The zero-order chi connectivity index (χ0) is 23.6. The highest BCUT2D eigenvalue weighted by Gasteiger charge is 2.15. The second-order valence-corrected chi connectivity index (χ2v) is 8.21. The summed E-state index contributed by atoms with van der Waals surface area (Å²) in [5, 5.41) is 9.40. The molecule has 7 nitrogen and oxygen atoms in total. The summed E-state index contributed by atoms with van der Waals surface area (Å²) in [7, 11) is 2.96. The fraction of sp³-hybridized carbons (Fsp3) is 0.280. The van der Waals surface area contributed by atoms with E-state index in [1.165, 1.54) is 7.11 Å². The van der Waals surface area contributed by atoms with Gasteiger partial charge in [-0.05, 0) is 54.3 Å². The molecule has 0 fully saturated rings. The van der Waals surface area contributed by atoms with Crippen LogP contribution >= 0.6 is 12.0 Å². The first kappa shape index (κ1) is 24.9. The highest BCUT2D eigenvalue weighted by atomic mass is 32.2. The maximum atomic E-state index is 12.9. The van der Waals surface area contributed by atoms with Crippen molar-refractivity contribution in [3.63, 3.8) is 0 Å². The molecule has 1 amide bonds. The van der Waals surface area contributed by atoms with Gasteiger partial charge in [0.1, 0.15) is 5.78 Å². The van der Waals surface area contributed by atoms with Gasteiger partial charge in [0.15, 0.2) is 0 Å². The summed E-state index contributed by atoms with van der Waals surface area (Å²) >= 11 is 0.958. The SMILES string of the molecule is COOOSc1c(NC(=O)c2ccc(CCC(CC(C)=O)OC)cc2)ccc2ccccc12. The van der Waals surface area contributed by atoms with Crippen LogP contribution in [0.1, 0.15) is 35.7 Å². The Kier molecular flexibility index (Phi) is 9.41. The molecule has 8 heteroatoms. The Morgan fingerprint density at radius 3 is 2.45 bits per heavy atom. The number of rotatable bonds is 12. The maximum Gasteiger partial charge on any atom is 0.255 e. The van der Waals surface area contributed by atoms with Crippen LogP contribution in [0.3, 0.4) is 0 Å². The summed E-state index contributed by atoms with van der Waals surface area (Å²) in [5.41, 5.74) is 2.20. The van der Waals surface area contributed by atoms with Crippen LogP contribution in [0.4, 0.5) is 5.69 Å². The van der Waals surface area contributed by atoms with Crippen LogP contribution in [0.25, 0.3) is 10.8 Å². The number of hydrogen-bond acceptors (Lipinski definition) is 7. The Morgan fingerprint density at radius 1 is 1.00 bits per heavy atom. The predicted molar refractivity (Wildman–Crippen MR) is 128 cm³/mol. The number of ether oxygens (including phenoxy) is 1. The van der Waals surface area contributed by atoms with Gasteiger partial charge in [-0.25, -0.2) is 4.89 Å². The lowest BCUT2D eigenvalue weighted by atomic mass is 10.0. The number of amides is 1. The van der Waals surface area contributed by atoms with Gasteiger partial charge >= 0.3 is 0 Å². The Balaban J connectivity index is 1.70. The largest absolute Gasteiger partial charge is 0.381 e. The fourth-order valence-electron chi connectivity index (χ4n) is 3.48. The molecule has 3 aromatic rings. The third kappa shape index (κ3) is 7.12. The van der Waals surface area contributed by atoms with Gasteiger partial charge in [-0.1, -0.05) is 47.5 Å². The van der Waals surface area contributed by atoms with Crippen LogP contribution in [0, 0.1) is 0 Å². The Labute approximate surface area is 197 Å². The number of carbonyl (C=O) groups excluding carboxylic acids is 2. The van der Waals surface area contributed by atoms with Crippen LogP contribution in [0.5, 0.6) is 0 Å². The molecule has 1 unspecified atom stereocenters. The number of hydrogen-bond donors (Lipinski definition) is 1. The topological polar surface area (TPSA) is 83.1 Å². The number of nitrogens with one attached hydrogen (secondary N) is 1. The molecule has 0 saturated carbocycles. The second kappa shape index (κ2) is 12.5. The van der Waals surface area contributed by atoms with Crippen LogP contribution < -0.4 is 5.32 Å². The van der Waals surface area contributed by atoms with E-state index in [1.54, 1.807) is 26.2 Å². The van der Waals surface area contributed by atoms with Gasteiger partial charge in [-0.15, -0.1) is 4.33 Å². The summed E-state index contributed by atoms with van der Waals surface area (Å²) in [6.07, 6.45) is 1.81. The van der Waals surface area contributed by atoms with Gasteiger partial charge in [0.2, 0.25) is 0 Å². The first-order valence-corrected chi connectivity index (χ1v) is 11.2. The van der Waals surface area contributed by atoms with Crippen molar-refractivity contribution in [3.05, 3.63) is 71.8 Å². The van der Waals surface area contributed by atoms with Crippen molar-refractivity contribution in [2.24, 2.45) is 0 Å². The number of aryl methyl sites for hydroxylation is 1. The Bertz CT molecular complexity index is 1090. The average Bonchev–Trinajstić information content (AvgIpc) is 2.83. The summed E-state index contributed by atoms with van der Waals surface area (Å²) in [4.78, 5) is 29.4. The van der Waals surface area contributed by atoms with E-state index in [9.17, 15) is 9.59 Å². The second-order valence-electron chi connectivity index (χ2n) is 7.50. The number of ketones is 1. The van der Waals surface area contributed by atoms with Crippen molar-refractivity contribution in [3.8, 4) is 0 Å². The molecule has 0 bridgehead atoms. The maximum absolute atomic E-state index is 12.9. The molecule has 0 aromatic heterocycles. The minimum absolute atomic E-state index is 0.0985. The lowest BCUT2D eigenvalue weighted by molar-refractivity contribution is -0.447. The number of carbonyl (C=O) groups is 2. The molecular weight excluding hydrogens is 442 g/mol. The summed E-state index contributed by atoms with van der Waals surface area (Å²) in [6.45, 7) is 1.57. The highest BCUT2D eigenvalue weighted by molar-refractivity contribution is 7.95.